The van der Waals surface area contributed by atoms with E-state index in [1.54, 1.807) is 12.5 Å². The predicted molar refractivity (Wildman–Crippen MR) is 71.9 cm³/mol. The van der Waals surface area contributed by atoms with Gasteiger partial charge >= 0.3 is 0 Å². The number of nitrogens with zero attached hydrogens (tertiary/aromatic N) is 2. The summed E-state index contributed by atoms with van der Waals surface area (Å²) in [5.41, 5.74) is 7.63. The molecule has 4 heteroatoms. The van der Waals surface area contributed by atoms with Crippen LogP contribution in [0.25, 0.3) is 5.69 Å². The van der Waals surface area contributed by atoms with Gasteiger partial charge in [-0.25, -0.2) is 4.98 Å². The molecule has 0 bridgehead atoms. The fourth-order valence-electron chi connectivity index (χ4n) is 1.90. The van der Waals surface area contributed by atoms with Crippen LogP contribution in [-0.2, 0) is 5.54 Å². The maximum absolute atomic E-state index is 6.16. The Morgan fingerprint density at radius 3 is 2.72 bits per heavy atom. The minimum absolute atomic E-state index is 0.449. The lowest BCUT2D eigenvalue weighted by Crippen LogP contribution is -2.31. The summed E-state index contributed by atoms with van der Waals surface area (Å²) in [7, 11) is 0. The lowest BCUT2D eigenvalue weighted by atomic mass is 10.0. The molecule has 0 radical (unpaired) electrons. The summed E-state index contributed by atoms with van der Waals surface area (Å²) in [4.78, 5) is 4.19. The van der Waals surface area contributed by atoms with Crippen molar-refractivity contribution in [1.29, 1.82) is 0 Å². The topological polar surface area (TPSA) is 53.1 Å². The van der Waals surface area contributed by atoms with Gasteiger partial charge in [-0.05, 0) is 32.9 Å². The van der Waals surface area contributed by atoms with Crippen LogP contribution < -0.4 is 10.5 Å². The summed E-state index contributed by atoms with van der Waals surface area (Å²) in [6, 6.07) is 7.89. The van der Waals surface area contributed by atoms with Crippen molar-refractivity contribution < 1.29 is 4.74 Å². The molecule has 1 heterocycles. The monoisotopic (exact) mass is 245 g/mol. The minimum Gasteiger partial charge on any atom is -0.492 e. The Morgan fingerprint density at radius 1 is 1.33 bits per heavy atom. The Hall–Kier alpha value is -1.81. The summed E-state index contributed by atoms with van der Waals surface area (Å²) in [6.45, 7) is 6.53. The number of benzene rings is 1. The van der Waals surface area contributed by atoms with Gasteiger partial charge in [0.05, 0.1) is 36.1 Å². The molecule has 18 heavy (non-hydrogen) atoms. The first-order valence-corrected chi connectivity index (χ1v) is 6.08. The zero-order valence-corrected chi connectivity index (χ0v) is 11.1. The molecular weight excluding hydrogens is 226 g/mol. The van der Waals surface area contributed by atoms with Crippen molar-refractivity contribution in [1.82, 2.24) is 9.55 Å². The van der Waals surface area contributed by atoms with Gasteiger partial charge in [0.15, 0.2) is 0 Å². The summed E-state index contributed by atoms with van der Waals surface area (Å²) < 4.78 is 7.62. The molecule has 0 aliphatic rings. The van der Waals surface area contributed by atoms with E-state index in [0.29, 0.717) is 6.61 Å². The van der Waals surface area contributed by atoms with Crippen molar-refractivity contribution in [3.8, 4) is 11.4 Å². The maximum Gasteiger partial charge on any atom is 0.143 e. The maximum atomic E-state index is 6.16. The van der Waals surface area contributed by atoms with Gasteiger partial charge in [-0.1, -0.05) is 12.1 Å². The zero-order valence-electron chi connectivity index (χ0n) is 11.1. The molecule has 0 fully saturated rings. The van der Waals surface area contributed by atoms with Gasteiger partial charge in [0.1, 0.15) is 5.75 Å². The number of aromatic nitrogens is 2. The third-order valence-corrected chi connectivity index (χ3v) is 2.72. The molecule has 96 valence electrons. The highest BCUT2D eigenvalue weighted by atomic mass is 16.5. The van der Waals surface area contributed by atoms with E-state index in [4.69, 9.17) is 10.5 Å². The van der Waals surface area contributed by atoms with Gasteiger partial charge < -0.3 is 10.5 Å². The van der Waals surface area contributed by atoms with E-state index in [1.165, 1.54) is 0 Å². The minimum atomic E-state index is -0.449. The van der Waals surface area contributed by atoms with Crippen LogP contribution in [0, 0.1) is 0 Å². The first-order valence-electron chi connectivity index (χ1n) is 6.08. The molecule has 0 saturated carbocycles. The standard InChI is InChI=1S/C14H19N3O/c1-4-18-12-8-6-5-7-11(12)17-10-16-9-13(17)14(2,3)15/h5-10H,4,15H2,1-3H3. The molecule has 0 atom stereocenters. The van der Waals surface area contributed by atoms with E-state index in [9.17, 15) is 0 Å². The molecule has 0 unspecified atom stereocenters. The number of nitrogens with two attached hydrogens (primary N) is 1. The molecule has 4 nitrogen and oxygen atoms in total. The van der Waals surface area contributed by atoms with E-state index in [1.807, 2.05) is 49.6 Å². The van der Waals surface area contributed by atoms with E-state index >= 15 is 0 Å². The number of hydrogen-bond acceptors (Lipinski definition) is 3. The normalized spacial score (nSPS) is 11.6. The second-order valence-electron chi connectivity index (χ2n) is 4.77. The zero-order chi connectivity index (χ0) is 13.2. The Bertz CT molecular complexity index is 526. The molecule has 1 aromatic carbocycles. The molecule has 2 rings (SSSR count). The lowest BCUT2D eigenvalue weighted by molar-refractivity contribution is 0.338. The molecule has 2 aromatic rings. The Balaban J connectivity index is 2.53. The van der Waals surface area contributed by atoms with Crippen LogP contribution >= 0.6 is 0 Å². The highest BCUT2D eigenvalue weighted by Gasteiger charge is 2.21. The van der Waals surface area contributed by atoms with Crippen LogP contribution in [0.1, 0.15) is 26.5 Å². The van der Waals surface area contributed by atoms with Gasteiger partial charge in [-0.2, -0.15) is 0 Å². The van der Waals surface area contributed by atoms with Crippen molar-refractivity contribution in [2.24, 2.45) is 5.73 Å². The van der Waals surface area contributed by atoms with Gasteiger partial charge in [0.25, 0.3) is 0 Å². The highest BCUT2D eigenvalue weighted by Crippen LogP contribution is 2.27. The van der Waals surface area contributed by atoms with Gasteiger partial charge in [-0.3, -0.25) is 4.57 Å². The second kappa shape index (κ2) is 4.82. The molecule has 0 amide bonds. The first kappa shape index (κ1) is 12.6. The highest BCUT2D eigenvalue weighted by molar-refractivity contribution is 5.48. The Labute approximate surface area is 107 Å². The molecule has 0 spiro atoms. The van der Waals surface area contributed by atoms with Crippen LogP contribution in [0.2, 0.25) is 0 Å². The quantitative estimate of drug-likeness (QED) is 0.900. The van der Waals surface area contributed by atoms with Crippen molar-refractivity contribution >= 4 is 0 Å². The van der Waals surface area contributed by atoms with Gasteiger partial charge in [0.2, 0.25) is 0 Å². The molecule has 2 N–H and O–H groups in total. The molecule has 0 saturated heterocycles. The average Bonchev–Trinajstić information content (AvgIpc) is 2.78. The molecule has 1 aromatic heterocycles. The van der Waals surface area contributed by atoms with Crippen molar-refractivity contribution in [3.05, 3.63) is 42.5 Å². The number of ether oxygens (including phenoxy) is 1. The fourth-order valence-corrected chi connectivity index (χ4v) is 1.90. The molecule has 0 aliphatic heterocycles. The van der Waals surface area contributed by atoms with Gasteiger partial charge in [0, 0.05) is 0 Å². The van der Waals surface area contributed by atoms with E-state index < -0.39 is 5.54 Å². The van der Waals surface area contributed by atoms with Gasteiger partial charge in [-0.15, -0.1) is 0 Å². The van der Waals surface area contributed by atoms with Crippen molar-refractivity contribution in [2.75, 3.05) is 6.61 Å². The van der Waals surface area contributed by atoms with E-state index in [-0.39, 0.29) is 0 Å². The van der Waals surface area contributed by atoms with E-state index in [2.05, 4.69) is 4.98 Å². The van der Waals surface area contributed by atoms with Crippen LogP contribution in [0.5, 0.6) is 5.75 Å². The largest absolute Gasteiger partial charge is 0.492 e. The second-order valence-corrected chi connectivity index (χ2v) is 4.77. The number of imidazole rings is 1. The third kappa shape index (κ3) is 2.38. The van der Waals surface area contributed by atoms with Crippen molar-refractivity contribution in [2.45, 2.75) is 26.3 Å². The Kier molecular flexibility index (Phi) is 3.39. The summed E-state index contributed by atoms with van der Waals surface area (Å²) in [5, 5.41) is 0. The predicted octanol–water partition coefficient (Wildman–Crippen LogP) is 2.46. The molecular formula is C14H19N3O. The third-order valence-electron chi connectivity index (χ3n) is 2.72. The number of rotatable bonds is 4. The smallest absolute Gasteiger partial charge is 0.143 e. The summed E-state index contributed by atoms with van der Waals surface area (Å²) in [6.07, 6.45) is 3.56. The average molecular weight is 245 g/mol. The number of hydrogen-bond donors (Lipinski definition) is 1. The fraction of sp³-hybridized carbons (Fsp3) is 0.357. The van der Waals surface area contributed by atoms with Crippen molar-refractivity contribution in [3.63, 3.8) is 0 Å². The summed E-state index contributed by atoms with van der Waals surface area (Å²) in [5.74, 6) is 0.837. The molecule has 0 aliphatic carbocycles. The first-order chi connectivity index (χ1) is 8.54. The SMILES string of the molecule is CCOc1ccccc1-n1cncc1C(C)(C)N. The lowest BCUT2D eigenvalue weighted by Gasteiger charge is -2.21. The number of para-hydroxylation sites is 2. The van der Waals surface area contributed by atoms with Crippen LogP contribution in [-0.4, -0.2) is 16.2 Å². The van der Waals surface area contributed by atoms with Crippen LogP contribution in [0.3, 0.4) is 0 Å². The van der Waals surface area contributed by atoms with Crippen LogP contribution in [0.15, 0.2) is 36.8 Å². The Morgan fingerprint density at radius 2 is 2.06 bits per heavy atom. The summed E-state index contributed by atoms with van der Waals surface area (Å²) >= 11 is 0. The van der Waals surface area contributed by atoms with Crippen LogP contribution in [0.4, 0.5) is 0 Å². The van der Waals surface area contributed by atoms with E-state index in [0.717, 1.165) is 17.1 Å².